The maximum absolute atomic E-state index is 12.2. The third-order valence-corrected chi connectivity index (χ3v) is 3.45. The molecule has 1 aromatic rings. The molecule has 1 aromatic carbocycles. The number of carbonyl (C=O) groups is 1. The Morgan fingerprint density at radius 3 is 2.35 bits per heavy atom. The van der Waals surface area contributed by atoms with Crippen LogP contribution in [0.4, 0.5) is 0 Å². The zero-order valence-electron chi connectivity index (χ0n) is 10.8. The molecule has 92 valence electrons. The van der Waals surface area contributed by atoms with E-state index in [0.717, 1.165) is 25.9 Å². The highest BCUT2D eigenvalue weighted by Gasteiger charge is 2.20. The minimum absolute atomic E-state index is 0.275. The van der Waals surface area contributed by atoms with E-state index in [1.54, 1.807) is 0 Å². The first kappa shape index (κ1) is 12.3. The first-order chi connectivity index (χ1) is 8.15. The van der Waals surface area contributed by atoms with E-state index in [9.17, 15) is 4.79 Å². The standard InChI is InChI=1S/C15H21NO/c1-11-7-12(2)9-13(8-11)10-15(17)14-3-5-16-6-4-14/h7-9,14,16H,3-6,10H2,1-2H3. The maximum atomic E-state index is 12.2. The summed E-state index contributed by atoms with van der Waals surface area (Å²) in [4.78, 5) is 12.2. The van der Waals surface area contributed by atoms with Crippen molar-refractivity contribution >= 4 is 5.78 Å². The average Bonchev–Trinajstić information content (AvgIpc) is 2.28. The molecule has 1 fully saturated rings. The summed E-state index contributed by atoms with van der Waals surface area (Å²) in [5.74, 6) is 0.688. The second-order valence-corrected chi connectivity index (χ2v) is 5.16. The zero-order valence-corrected chi connectivity index (χ0v) is 10.8. The lowest BCUT2D eigenvalue weighted by atomic mass is 9.89. The molecule has 2 rings (SSSR count). The highest BCUT2D eigenvalue weighted by Crippen LogP contribution is 2.17. The SMILES string of the molecule is Cc1cc(C)cc(CC(=O)C2CCNCC2)c1. The van der Waals surface area contributed by atoms with E-state index in [-0.39, 0.29) is 5.92 Å². The Kier molecular flexibility index (Phi) is 3.95. The van der Waals surface area contributed by atoms with Crippen LogP contribution in [0.3, 0.4) is 0 Å². The summed E-state index contributed by atoms with van der Waals surface area (Å²) in [5.41, 5.74) is 3.67. The summed E-state index contributed by atoms with van der Waals surface area (Å²) in [5, 5.41) is 3.30. The third kappa shape index (κ3) is 3.40. The first-order valence-electron chi connectivity index (χ1n) is 6.46. The molecule has 1 aliphatic rings. The minimum atomic E-state index is 0.275. The van der Waals surface area contributed by atoms with Gasteiger partial charge in [0, 0.05) is 12.3 Å². The molecule has 1 aliphatic heterocycles. The number of benzene rings is 1. The van der Waals surface area contributed by atoms with Crippen LogP contribution in [0.1, 0.15) is 29.5 Å². The maximum Gasteiger partial charge on any atom is 0.140 e. The quantitative estimate of drug-likeness (QED) is 0.865. The van der Waals surface area contributed by atoms with E-state index >= 15 is 0 Å². The lowest BCUT2D eigenvalue weighted by molar-refractivity contribution is -0.122. The van der Waals surface area contributed by atoms with E-state index in [2.05, 4.69) is 37.4 Å². The van der Waals surface area contributed by atoms with Crippen LogP contribution in [-0.4, -0.2) is 18.9 Å². The Labute approximate surface area is 103 Å². The van der Waals surface area contributed by atoms with E-state index in [0.29, 0.717) is 12.2 Å². The van der Waals surface area contributed by atoms with Gasteiger partial charge in [0.25, 0.3) is 0 Å². The summed E-state index contributed by atoms with van der Waals surface area (Å²) in [6.07, 6.45) is 2.61. The van der Waals surface area contributed by atoms with Gasteiger partial charge in [0.1, 0.15) is 5.78 Å². The Bertz CT molecular complexity index is 385. The summed E-state index contributed by atoms with van der Waals surface area (Å²) < 4.78 is 0. The van der Waals surface area contributed by atoms with Crippen molar-refractivity contribution in [2.75, 3.05) is 13.1 Å². The number of ketones is 1. The predicted octanol–water partition coefficient (Wildman–Crippen LogP) is 2.41. The fourth-order valence-corrected chi connectivity index (χ4v) is 2.66. The van der Waals surface area contributed by atoms with Crippen molar-refractivity contribution in [2.24, 2.45) is 5.92 Å². The van der Waals surface area contributed by atoms with Crippen molar-refractivity contribution in [1.29, 1.82) is 0 Å². The van der Waals surface area contributed by atoms with Gasteiger partial charge in [0.05, 0.1) is 0 Å². The highest BCUT2D eigenvalue weighted by molar-refractivity contribution is 5.83. The number of nitrogens with one attached hydrogen (secondary N) is 1. The zero-order chi connectivity index (χ0) is 12.3. The number of rotatable bonds is 3. The average molecular weight is 231 g/mol. The third-order valence-electron chi connectivity index (χ3n) is 3.45. The fraction of sp³-hybridized carbons (Fsp3) is 0.533. The van der Waals surface area contributed by atoms with Crippen LogP contribution >= 0.6 is 0 Å². The number of piperidine rings is 1. The lowest BCUT2D eigenvalue weighted by Crippen LogP contribution is -2.32. The molecule has 0 saturated carbocycles. The van der Waals surface area contributed by atoms with Crippen molar-refractivity contribution in [3.63, 3.8) is 0 Å². The van der Waals surface area contributed by atoms with E-state index in [1.165, 1.54) is 16.7 Å². The molecule has 0 atom stereocenters. The van der Waals surface area contributed by atoms with Crippen molar-refractivity contribution in [2.45, 2.75) is 33.1 Å². The summed E-state index contributed by atoms with van der Waals surface area (Å²) >= 11 is 0. The number of hydrogen-bond acceptors (Lipinski definition) is 2. The van der Waals surface area contributed by atoms with Crippen LogP contribution in [0.25, 0.3) is 0 Å². The number of hydrogen-bond donors (Lipinski definition) is 1. The molecule has 0 spiro atoms. The number of Topliss-reactive ketones (excluding diaryl/α,β-unsaturated/α-hetero) is 1. The molecule has 0 bridgehead atoms. The van der Waals surface area contributed by atoms with Gasteiger partial charge in [0.15, 0.2) is 0 Å². The summed E-state index contributed by atoms with van der Waals surface area (Å²) in [6, 6.07) is 6.41. The second kappa shape index (κ2) is 5.46. The molecule has 17 heavy (non-hydrogen) atoms. The molecule has 1 saturated heterocycles. The Morgan fingerprint density at radius 2 is 1.76 bits per heavy atom. The van der Waals surface area contributed by atoms with Gasteiger partial charge >= 0.3 is 0 Å². The molecule has 0 aromatic heterocycles. The molecular weight excluding hydrogens is 210 g/mol. The van der Waals surface area contributed by atoms with Crippen LogP contribution in [0, 0.1) is 19.8 Å². The van der Waals surface area contributed by atoms with Crippen LogP contribution in [0.2, 0.25) is 0 Å². The monoisotopic (exact) mass is 231 g/mol. The van der Waals surface area contributed by atoms with Gasteiger partial charge in [-0.1, -0.05) is 29.3 Å². The van der Waals surface area contributed by atoms with E-state index in [4.69, 9.17) is 0 Å². The molecule has 0 aliphatic carbocycles. The largest absolute Gasteiger partial charge is 0.317 e. The van der Waals surface area contributed by atoms with Gasteiger partial charge < -0.3 is 5.32 Å². The van der Waals surface area contributed by atoms with Crippen LogP contribution in [-0.2, 0) is 11.2 Å². The molecule has 1 N–H and O–H groups in total. The topological polar surface area (TPSA) is 29.1 Å². The highest BCUT2D eigenvalue weighted by atomic mass is 16.1. The van der Waals surface area contributed by atoms with Crippen molar-refractivity contribution < 1.29 is 4.79 Å². The molecule has 0 amide bonds. The molecule has 0 radical (unpaired) electrons. The molecule has 2 heteroatoms. The molecule has 0 unspecified atom stereocenters. The van der Waals surface area contributed by atoms with Gasteiger partial charge in [0.2, 0.25) is 0 Å². The van der Waals surface area contributed by atoms with Gasteiger partial charge in [-0.25, -0.2) is 0 Å². The first-order valence-corrected chi connectivity index (χ1v) is 6.46. The van der Waals surface area contributed by atoms with Crippen LogP contribution in [0.15, 0.2) is 18.2 Å². The van der Waals surface area contributed by atoms with Gasteiger partial charge in [-0.05, 0) is 45.3 Å². The molecular formula is C15H21NO. The minimum Gasteiger partial charge on any atom is -0.317 e. The van der Waals surface area contributed by atoms with Crippen molar-refractivity contribution in [3.05, 3.63) is 34.9 Å². The normalized spacial score (nSPS) is 17.1. The fourth-order valence-electron chi connectivity index (χ4n) is 2.66. The van der Waals surface area contributed by atoms with Crippen LogP contribution < -0.4 is 5.32 Å². The van der Waals surface area contributed by atoms with Gasteiger partial charge in [-0.15, -0.1) is 0 Å². The number of aryl methyl sites for hydroxylation is 2. The van der Waals surface area contributed by atoms with Crippen molar-refractivity contribution in [3.8, 4) is 0 Å². The van der Waals surface area contributed by atoms with Gasteiger partial charge in [-0.2, -0.15) is 0 Å². The lowest BCUT2D eigenvalue weighted by Gasteiger charge is -2.21. The molecule has 2 nitrogen and oxygen atoms in total. The second-order valence-electron chi connectivity index (χ2n) is 5.16. The smallest absolute Gasteiger partial charge is 0.140 e. The Hall–Kier alpha value is -1.15. The van der Waals surface area contributed by atoms with Crippen LogP contribution in [0.5, 0.6) is 0 Å². The molecule has 1 heterocycles. The Morgan fingerprint density at radius 1 is 1.18 bits per heavy atom. The Balaban J connectivity index is 2.01. The predicted molar refractivity (Wildman–Crippen MR) is 70.2 cm³/mol. The summed E-state index contributed by atoms with van der Waals surface area (Å²) in [6.45, 7) is 6.16. The van der Waals surface area contributed by atoms with E-state index in [1.807, 2.05) is 0 Å². The number of carbonyl (C=O) groups excluding carboxylic acids is 1. The summed E-state index contributed by atoms with van der Waals surface area (Å²) in [7, 11) is 0. The van der Waals surface area contributed by atoms with E-state index < -0.39 is 0 Å². The van der Waals surface area contributed by atoms with Gasteiger partial charge in [-0.3, -0.25) is 4.79 Å². The van der Waals surface area contributed by atoms with Crippen molar-refractivity contribution in [1.82, 2.24) is 5.32 Å².